The smallest absolute Gasteiger partial charge is 0.164 e. The van der Waals surface area contributed by atoms with E-state index in [1.807, 2.05) is 40.5 Å². The van der Waals surface area contributed by atoms with Crippen molar-refractivity contribution in [3.05, 3.63) is 54.6 Å². The molecular formula is C28H33N7S2. The van der Waals surface area contributed by atoms with Gasteiger partial charge in [0.1, 0.15) is 11.6 Å². The molecule has 7 nitrogen and oxygen atoms in total. The average Bonchev–Trinajstić information content (AvgIpc) is 3.59. The molecule has 4 heterocycles. The number of fused-ring (bicyclic) bond motifs is 1. The van der Waals surface area contributed by atoms with Gasteiger partial charge in [0.05, 0.1) is 11.8 Å². The summed E-state index contributed by atoms with van der Waals surface area (Å²) < 4.78 is 1.93. The van der Waals surface area contributed by atoms with Crippen LogP contribution in [0.25, 0.3) is 22.2 Å². The zero-order valence-electron chi connectivity index (χ0n) is 21.8. The predicted molar refractivity (Wildman–Crippen MR) is 157 cm³/mol. The van der Waals surface area contributed by atoms with E-state index < -0.39 is 0 Å². The van der Waals surface area contributed by atoms with Gasteiger partial charge in [0.25, 0.3) is 0 Å². The van der Waals surface area contributed by atoms with Crippen LogP contribution in [0.2, 0.25) is 0 Å². The molecule has 4 aromatic rings. The zero-order chi connectivity index (χ0) is 25.5. The minimum absolute atomic E-state index is 0.417. The minimum Gasteiger partial charge on any atom is -0.368 e. The van der Waals surface area contributed by atoms with Crippen LogP contribution in [0.5, 0.6) is 0 Å². The number of hydrogen-bond acceptors (Lipinski definition) is 8. The lowest BCUT2D eigenvalue weighted by atomic mass is 9.88. The number of nitrogens with zero attached hydrogens (tertiary/aromatic N) is 6. The molecule has 2 atom stereocenters. The van der Waals surface area contributed by atoms with Gasteiger partial charge >= 0.3 is 0 Å². The van der Waals surface area contributed by atoms with Crippen molar-refractivity contribution in [3.8, 4) is 11.4 Å². The van der Waals surface area contributed by atoms with Gasteiger partial charge in [0.15, 0.2) is 5.82 Å². The third-order valence-corrected chi connectivity index (χ3v) is 9.29. The van der Waals surface area contributed by atoms with Crippen molar-refractivity contribution in [2.24, 2.45) is 5.92 Å². The van der Waals surface area contributed by atoms with E-state index in [0.29, 0.717) is 23.0 Å². The number of anilines is 3. The van der Waals surface area contributed by atoms with Crippen molar-refractivity contribution < 1.29 is 0 Å². The second-order valence-corrected chi connectivity index (χ2v) is 12.5. The van der Waals surface area contributed by atoms with Crippen LogP contribution in [0.3, 0.4) is 0 Å². The van der Waals surface area contributed by atoms with Crippen LogP contribution in [-0.2, 0) is 0 Å². The summed E-state index contributed by atoms with van der Waals surface area (Å²) in [7, 11) is 0. The molecular weight excluding hydrogens is 498 g/mol. The molecule has 37 heavy (non-hydrogen) atoms. The fourth-order valence-corrected chi connectivity index (χ4v) is 6.72. The molecule has 192 valence electrons. The highest BCUT2D eigenvalue weighted by Crippen LogP contribution is 2.40. The summed E-state index contributed by atoms with van der Waals surface area (Å²) in [5, 5.41) is 11.0. The van der Waals surface area contributed by atoms with Gasteiger partial charge in [0.2, 0.25) is 0 Å². The van der Waals surface area contributed by atoms with Crippen LogP contribution >= 0.6 is 23.7 Å². The minimum atomic E-state index is 0.417. The van der Waals surface area contributed by atoms with E-state index in [-0.39, 0.29) is 0 Å². The Balaban J connectivity index is 1.27. The fourth-order valence-electron chi connectivity index (χ4n) is 4.98. The molecule has 0 bridgehead atoms. The number of rotatable bonds is 9. The van der Waals surface area contributed by atoms with Crippen LogP contribution in [0.15, 0.2) is 49.1 Å². The molecule has 1 unspecified atom stereocenters. The topological polar surface area (TPSA) is 71.8 Å². The molecule has 0 spiro atoms. The van der Waals surface area contributed by atoms with Crippen molar-refractivity contribution in [3.63, 3.8) is 0 Å². The number of benzene rings is 1. The van der Waals surface area contributed by atoms with Crippen molar-refractivity contribution in [1.82, 2.24) is 24.1 Å². The number of thioether (sulfide) groups is 1. The Morgan fingerprint density at radius 2 is 1.95 bits per heavy atom. The molecule has 1 aromatic carbocycles. The lowest BCUT2D eigenvalue weighted by Gasteiger charge is -2.48. The lowest BCUT2D eigenvalue weighted by Crippen LogP contribution is -2.55. The van der Waals surface area contributed by atoms with E-state index in [1.54, 1.807) is 18.1 Å². The Kier molecular flexibility index (Phi) is 6.75. The van der Waals surface area contributed by atoms with Gasteiger partial charge in [-0.05, 0) is 78.8 Å². The van der Waals surface area contributed by atoms with Crippen LogP contribution in [0, 0.1) is 5.92 Å². The normalized spacial score (nSPS) is 19.4. The van der Waals surface area contributed by atoms with E-state index in [0.717, 1.165) is 29.7 Å². The Morgan fingerprint density at radius 3 is 2.70 bits per heavy atom. The van der Waals surface area contributed by atoms with Crippen LogP contribution < -0.4 is 10.2 Å². The van der Waals surface area contributed by atoms with E-state index >= 15 is 0 Å². The summed E-state index contributed by atoms with van der Waals surface area (Å²) in [6, 6.07) is 9.18. The predicted octanol–water partition coefficient (Wildman–Crippen LogP) is 6.60. The van der Waals surface area contributed by atoms with E-state index in [9.17, 15) is 0 Å². The molecule has 0 amide bonds. The molecule has 1 N–H and O–H groups in total. The molecule has 2 fully saturated rings. The van der Waals surface area contributed by atoms with Crippen molar-refractivity contribution in [1.29, 1.82) is 0 Å². The average molecular weight is 532 g/mol. The molecule has 2 aliphatic rings. The second-order valence-electron chi connectivity index (χ2n) is 10.4. The highest BCUT2D eigenvalue weighted by Gasteiger charge is 2.36. The SMILES string of the molecule is CSC[C@@H]1CN(c2ccc(C(C)C)c3cc(Nc4ccnc(-c5cnn(SC6CC6)c5)n4)ncc23)C1C. The highest BCUT2D eigenvalue weighted by atomic mass is 32.2. The van der Waals surface area contributed by atoms with Gasteiger partial charge in [-0.1, -0.05) is 19.9 Å². The van der Waals surface area contributed by atoms with Crippen LogP contribution in [0.1, 0.15) is 45.1 Å². The first-order chi connectivity index (χ1) is 18.0. The van der Waals surface area contributed by atoms with E-state index in [4.69, 9.17) is 9.97 Å². The summed E-state index contributed by atoms with van der Waals surface area (Å²) in [6.45, 7) is 7.96. The fraction of sp³-hybridized carbons (Fsp3) is 0.429. The molecule has 9 heteroatoms. The molecule has 1 aliphatic heterocycles. The molecule has 3 aromatic heterocycles. The number of hydrogen-bond donors (Lipinski definition) is 1. The quantitative estimate of drug-likeness (QED) is 0.259. The maximum atomic E-state index is 4.81. The third kappa shape index (κ3) is 5.03. The molecule has 1 saturated carbocycles. The second kappa shape index (κ2) is 10.2. The number of aromatic nitrogens is 5. The Labute approximate surface area is 227 Å². The van der Waals surface area contributed by atoms with E-state index in [1.165, 1.54) is 40.6 Å². The summed E-state index contributed by atoms with van der Waals surface area (Å²) in [6.07, 6.45) is 12.4. The Bertz CT molecular complexity index is 1410. The number of nitrogens with one attached hydrogen (secondary N) is 1. The van der Waals surface area contributed by atoms with Crippen molar-refractivity contribution in [2.45, 2.75) is 50.8 Å². The summed E-state index contributed by atoms with van der Waals surface area (Å²) in [5.41, 5.74) is 3.54. The Hall–Kier alpha value is -2.78. The summed E-state index contributed by atoms with van der Waals surface area (Å²) in [4.78, 5) is 16.6. The van der Waals surface area contributed by atoms with Crippen molar-refractivity contribution >= 4 is 51.8 Å². The van der Waals surface area contributed by atoms with Crippen LogP contribution in [-0.4, -0.2) is 54.0 Å². The molecule has 1 saturated heterocycles. The van der Waals surface area contributed by atoms with Gasteiger partial charge in [-0.2, -0.15) is 16.9 Å². The largest absolute Gasteiger partial charge is 0.368 e. The first kappa shape index (κ1) is 24.6. The molecule has 6 rings (SSSR count). The molecule has 0 radical (unpaired) electrons. The van der Waals surface area contributed by atoms with Gasteiger partial charge < -0.3 is 10.2 Å². The van der Waals surface area contributed by atoms with Gasteiger partial charge in [-0.3, -0.25) is 0 Å². The molecule has 1 aliphatic carbocycles. The van der Waals surface area contributed by atoms with Gasteiger partial charge in [0, 0.05) is 53.4 Å². The maximum absolute atomic E-state index is 4.81. The Morgan fingerprint density at radius 1 is 1.08 bits per heavy atom. The summed E-state index contributed by atoms with van der Waals surface area (Å²) >= 11 is 3.71. The van der Waals surface area contributed by atoms with E-state index in [2.05, 4.69) is 65.5 Å². The van der Waals surface area contributed by atoms with Gasteiger partial charge in [-0.15, -0.1) is 0 Å². The monoisotopic (exact) mass is 531 g/mol. The third-order valence-electron chi connectivity index (χ3n) is 7.34. The number of pyridine rings is 1. The highest BCUT2D eigenvalue weighted by molar-refractivity contribution is 7.98. The maximum Gasteiger partial charge on any atom is 0.164 e. The first-order valence-corrected chi connectivity index (χ1v) is 15.2. The first-order valence-electron chi connectivity index (χ1n) is 13.0. The summed E-state index contributed by atoms with van der Waals surface area (Å²) in [5.74, 6) is 4.54. The zero-order valence-corrected chi connectivity index (χ0v) is 23.4. The standard InChI is InChI=1S/C28H33N7S2/c1-17(2)22-7-8-25(34-14-20(16-36-4)18(34)3)24-13-30-27(11-23(22)24)32-26-9-10-29-28(33-26)19-12-31-35(15-19)37-21-5-6-21/h7-13,15,17-18,20-21H,5-6,14,16H2,1-4H3,(H,29,30,32,33)/t18?,20-/m0/s1. The lowest BCUT2D eigenvalue weighted by molar-refractivity contribution is 0.347. The van der Waals surface area contributed by atoms with Crippen LogP contribution in [0.4, 0.5) is 17.3 Å². The van der Waals surface area contributed by atoms with Crippen molar-refractivity contribution in [2.75, 3.05) is 28.8 Å². The van der Waals surface area contributed by atoms with Gasteiger partial charge in [-0.25, -0.2) is 19.0 Å².